The van der Waals surface area contributed by atoms with Crippen LogP contribution in [0.5, 0.6) is 11.5 Å². The van der Waals surface area contributed by atoms with Gasteiger partial charge < -0.3 is 47.1 Å². The van der Waals surface area contributed by atoms with E-state index >= 15 is 0 Å². The molecule has 16 heteroatoms. The van der Waals surface area contributed by atoms with Crippen LogP contribution < -0.4 is 14.8 Å². The van der Waals surface area contributed by atoms with Crippen LogP contribution in [0.25, 0.3) is 22.2 Å². The molecular weight excluding hydrogens is 718 g/mol. The van der Waals surface area contributed by atoms with Crippen molar-refractivity contribution in [1.29, 1.82) is 0 Å². The summed E-state index contributed by atoms with van der Waals surface area (Å²) in [6.45, 7) is -0.639. The molecule has 5 aromatic rings. The molecule has 3 aromatic carbocycles. The Kier molecular flexibility index (Phi) is 10.3. The van der Waals surface area contributed by atoms with Crippen molar-refractivity contribution in [3.05, 3.63) is 90.7 Å². The first-order chi connectivity index (χ1) is 26.8. The van der Waals surface area contributed by atoms with E-state index in [1.807, 2.05) is 24.3 Å². The highest BCUT2D eigenvalue weighted by atomic mass is 16.7. The van der Waals surface area contributed by atoms with Crippen LogP contribution in [0.2, 0.25) is 0 Å². The van der Waals surface area contributed by atoms with Crippen molar-refractivity contribution in [3.8, 4) is 11.5 Å². The Morgan fingerprint density at radius 1 is 0.818 bits per heavy atom. The quantitative estimate of drug-likeness (QED) is 0.123. The number of amides is 1. The molecule has 5 heterocycles. The van der Waals surface area contributed by atoms with Gasteiger partial charge in [0.05, 0.1) is 18.4 Å². The number of allylic oxidation sites excluding steroid dienone is 2. The van der Waals surface area contributed by atoms with Crippen molar-refractivity contribution in [2.75, 3.05) is 25.8 Å². The van der Waals surface area contributed by atoms with Crippen LogP contribution in [0.1, 0.15) is 24.6 Å². The van der Waals surface area contributed by atoms with Crippen molar-refractivity contribution < 1.29 is 61.5 Å². The lowest BCUT2D eigenvalue weighted by molar-refractivity contribution is -0.300. The Morgan fingerprint density at radius 3 is 2.02 bits per heavy atom. The number of nitrogens with zero attached hydrogens (tertiary/aromatic N) is 2. The van der Waals surface area contributed by atoms with Crippen molar-refractivity contribution >= 4 is 45.9 Å². The lowest BCUT2D eigenvalue weighted by Crippen LogP contribution is -2.63. The number of benzene rings is 3. The summed E-state index contributed by atoms with van der Waals surface area (Å²) in [6, 6.07) is 19.2. The maximum atomic E-state index is 14.2. The summed E-state index contributed by atoms with van der Waals surface area (Å²) in [7, 11) is 1.31. The Morgan fingerprint density at radius 2 is 1.42 bits per heavy atom. The molecule has 0 bridgehead atoms. The molecule has 3 aliphatic rings. The zero-order valence-electron chi connectivity index (χ0n) is 29.5. The number of nitrogens with one attached hydrogen (secondary N) is 1. The third-order valence-corrected chi connectivity index (χ3v) is 9.56. The molecule has 1 fully saturated rings. The molecule has 7 atom stereocenters. The number of hydrogen-bond acceptors (Lipinski definition) is 15. The number of ether oxygens (including phenoxy) is 7. The maximum absolute atomic E-state index is 14.2. The first kappa shape index (κ1) is 36.0. The topological polar surface area (TPSA) is 200 Å². The number of aliphatic hydroxyl groups excluding tert-OH is 1. The Hall–Kier alpha value is -5.97. The average Bonchev–Trinajstić information content (AvgIpc) is 3.94. The number of carbonyl (C=O) groups is 3. The normalized spacial score (nSPS) is 25.4. The number of aliphatic hydroxyl groups is 1. The number of oxazole rings is 2. The highest BCUT2D eigenvalue weighted by molar-refractivity contribution is 5.85. The van der Waals surface area contributed by atoms with Gasteiger partial charge in [-0.05, 0) is 49.2 Å². The molecule has 55 heavy (non-hydrogen) atoms. The van der Waals surface area contributed by atoms with Crippen LogP contribution in [0.4, 0.5) is 10.5 Å². The number of methoxy groups -OCH3 is 1. The molecule has 0 saturated carbocycles. The van der Waals surface area contributed by atoms with Gasteiger partial charge in [0.15, 0.2) is 59.0 Å². The highest BCUT2D eigenvalue weighted by Gasteiger charge is 2.53. The number of rotatable bonds is 8. The second kappa shape index (κ2) is 15.8. The van der Waals surface area contributed by atoms with Crippen molar-refractivity contribution in [2.45, 2.75) is 56.4 Å². The van der Waals surface area contributed by atoms with E-state index in [1.54, 1.807) is 54.6 Å². The molecule has 0 aliphatic carbocycles. The number of para-hydroxylation sites is 4. The van der Waals surface area contributed by atoms with E-state index in [9.17, 15) is 19.5 Å². The summed E-state index contributed by atoms with van der Waals surface area (Å²) in [5.41, 5.74) is 2.70. The van der Waals surface area contributed by atoms with E-state index in [2.05, 4.69) is 15.3 Å². The third kappa shape index (κ3) is 7.83. The van der Waals surface area contributed by atoms with Crippen LogP contribution in [-0.4, -0.2) is 84.3 Å². The van der Waals surface area contributed by atoms with Gasteiger partial charge in [-0.1, -0.05) is 36.4 Å². The minimum Gasteiger partial charge on any atom is -0.454 e. The van der Waals surface area contributed by atoms with Gasteiger partial charge in [-0.25, -0.2) is 14.8 Å². The molecule has 0 radical (unpaired) electrons. The van der Waals surface area contributed by atoms with Gasteiger partial charge in [0, 0.05) is 31.7 Å². The molecular formula is C39H37N3O13. The van der Waals surface area contributed by atoms with E-state index < -0.39 is 67.2 Å². The van der Waals surface area contributed by atoms with E-state index in [0.29, 0.717) is 51.2 Å². The zero-order chi connectivity index (χ0) is 37.9. The second-order valence-corrected chi connectivity index (χ2v) is 13.2. The van der Waals surface area contributed by atoms with Gasteiger partial charge in [-0.15, -0.1) is 0 Å². The third-order valence-electron chi connectivity index (χ3n) is 9.56. The van der Waals surface area contributed by atoms with E-state index in [1.165, 1.54) is 7.11 Å². The summed E-state index contributed by atoms with van der Waals surface area (Å²) in [4.78, 5) is 50.8. The van der Waals surface area contributed by atoms with Gasteiger partial charge in [-0.3, -0.25) is 14.9 Å². The molecule has 0 unspecified atom stereocenters. The lowest BCUT2D eigenvalue weighted by Gasteiger charge is -2.44. The average molecular weight is 756 g/mol. The number of anilines is 1. The minimum atomic E-state index is -1.51. The standard InChI is InChI=1S/C39H37N3O13/c1-47-38-35-34(33(30(19-43)52-38)55-39(46)40-23-14-15-28-29(18-23)49-20-48-28)53-36(44)21(16-31-41-24-10-4-6-12-26(24)50-31)8-2-3-9-22(37(45)54-35)17-32-42-25-11-5-7-13-27(25)51-32/h2-7,10-15,18,21-22,30,33-35,38,43H,8-9,16-17,19-20H2,1H3,(H,40,46)/t21-,22-,30+,33+,34-,35+,38-/m0/s1. The molecule has 2 aromatic heterocycles. The van der Waals surface area contributed by atoms with Crippen molar-refractivity contribution in [2.24, 2.45) is 11.8 Å². The van der Waals surface area contributed by atoms with Crippen LogP contribution in [-0.2, 0) is 46.1 Å². The first-order valence-electron chi connectivity index (χ1n) is 17.8. The fraction of sp³-hybridized carbons (Fsp3) is 0.359. The molecule has 8 rings (SSSR count). The van der Waals surface area contributed by atoms with Gasteiger partial charge in [0.2, 0.25) is 6.79 Å². The summed E-state index contributed by atoms with van der Waals surface area (Å²) in [5.74, 6) is -1.50. The monoisotopic (exact) mass is 755 g/mol. The largest absolute Gasteiger partial charge is 0.454 e. The van der Waals surface area contributed by atoms with Gasteiger partial charge in [0.1, 0.15) is 17.1 Å². The maximum Gasteiger partial charge on any atom is 0.412 e. The van der Waals surface area contributed by atoms with E-state index in [0.717, 1.165) is 0 Å². The SMILES string of the molecule is CO[C@H]1O[C@H](CO)[C@@H](OC(=O)Nc2ccc3c(c2)OCO3)[C@@H]2OC(=O)[C@H](Cc3nc4ccccc4o3)CC=CC[C@@H](Cc3nc4ccccc4o3)C(=O)O[C@@H]12. The fourth-order valence-electron chi connectivity index (χ4n) is 6.81. The van der Waals surface area contributed by atoms with Gasteiger partial charge in [0.25, 0.3) is 0 Å². The molecule has 1 amide bonds. The summed E-state index contributed by atoms with van der Waals surface area (Å²) < 4.78 is 52.3. The van der Waals surface area contributed by atoms with Crippen LogP contribution in [0.15, 0.2) is 87.7 Å². The van der Waals surface area contributed by atoms with Crippen LogP contribution >= 0.6 is 0 Å². The number of carbonyl (C=O) groups excluding carboxylic acids is 3. The van der Waals surface area contributed by atoms with Crippen molar-refractivity contribution in [1.82, 2.24) is 9.97 Å². The summed E-state index contributed by atoms with van der Waals surface area (Å²) in [6.07, 6.45) is -3.92. The fourth-order valence-corrected chi connectivity index (χ4v) is 6.81. The van der Waals surface area contributed by atoms with Gasteiger partial charge in [-0.2, -0.15) is 0 Å². The lowest BCUT2D eigenvalue weighted by atomic mass is 9.95. The van der Waals surface area contributed by atoms with E-state index in [-0.39, 0.29) is 32.5 Å². The number of hydrogen-bond donors (Lipinski definition) is 2. The molecule has 286 valence electrons. The predicted octanol–water partition coefficient (Wildman–Crippen LogP) is 4.87. The predicted molar refractivity (Wildman–Crippen MR) is 190 cm³/mol. The number of esters is 2. The number of aromatic nitrogens is 2. The molecule has 16 nitrogen and oxygen atoms in total. The smallest absolute Gasteiger partial charge is 0.412 e. The number of fused-ring (bicyclic) bond motifs is 4. The molecule has 1 saturated heterocycles. The summed E-state index contributed by atoms with van der Waals surface area (Å²) >= 11 is 0. The zero-order valence-corrected chi connectivity index (χ0v) is 29.5. The molecule has 3 aliphatic heterocycles. The first-order valence-corrected chi connectivity index (χ1v) is 17.8. The Labute approximate surface area is 313 Å². The minimum absolute atomic E-state index is 0.0352. The molecule has 0 spiro atoms. The highest BCUT2D eigenvalue weighted by Crippen LogP contribution is 2.36. The van der Waals surface area contributed by atoms with Crippen LogP contribution in [0.3, 0.4) is 0 Å². The Bertz CT molecular complexity index is 2150. The Balaban J connectivity index is 1.11. The van der Waals surface area contributed by atoms with E-state index in [4.69, 9.17) is 42.0 Å². The van der Waals surface area contributed by atoms with Crippen LogP contribution in [0, 0.1) is 11.8 Å². The summed E-state index contributed by atoms with van der Waals surface area (Å²) in [5, 5.41) is 13.1. The van der Waals surface area contributed by atoms with Crippen molar-refractivity contribution in [3.63, 3.8) is 0 Å². The molecule has 2 N–H and O–H groups in total. The second-order valence-electron chi connectivity index (χ2n) is 13.2. The van der Waals surface area contributed by atoms with Gasteiger partial charge >= 0.3 is 18.0 Å².